The molecule has 0 fully saturated rings. The lowest BCUT2D eigenvalue weighted by molar-refractivity contribution is 0.622. The van der Waals surface area contributed by atoms with E-state index in [4.69, 9.17) is 5.26 Å². The van der Waals surface area contributed by atoms with E-state index >= 15 is 0 Å². The third-order valence-electron chi connectivity index (χ3n) is 1.89. The maximum atomic E-state index is 12.6. The predicted octanol–water partition coefficient (Wildman–Crippen LogP) is 2.15. The van der Waals surface area contributed by atoms with Crippen LogP contribution in [0.4, 0.5) is 4.39 Å². The second kappa shape index (κ2) is 3.84. The maximum Gasteiger partial charge on any atom is 0.141 e. The molecule has 0 aliphatic heterocycles. The van der Waals surface area contributed by atoms with Gasteiger partial charge in [0, 0.05) is 18.0 Å². The average Bonchev–Trinajstić information content (AvgIpc) is 2.30. The fraction of sp³-hybridized carbons (Fsp3) is 0. The summed E-state index contributed by atoms with van der Waals surface area (Å²) in [5, 5.41) is 8.68. The van der Waals surface area contributed by atoms with Gasteiger partial charge < -0.3 is 0 Å². The van der Waals surface area contributed by atoms with Gasteiger partial charge in [-0.05, 0) is 18.2 Å². The molecule has 0 aromatic carbocycles. The first-order chi connectivity index (χ1) is 7.29. The van der Waals surface area contributed by atoms with E-state index in [1.54, 1.807) is 18.3 Å². The highest BCUT2D eigenvalue weighted by Gasteiger charge is 2.01. The van der Waals surface area contributed by atoms with Crippen LogP contribution < -0.4 is 0 Å². The number of hydrogen-bond donors (Lipinski definition) is 0. The molecule has 0 spiro atoms. The highest BCUT2D eigenvalue weighted by Crippen LogP contribution is 2.16. The molecular weight excluding hydrogens is 193 g/mol. The third kappa shape index (κ3) is 1.97. The molecule has 0 amide bonds. The number of pyridine rings is 2. The van der Waals surface area contributed by atoms with Crippen LogP contribution in [-0.2, 0) is 0 Å². The molecule has 0 saturated heterocycles. The fourth-order valence-corrected chi connectivity index (χ4v) is 1.19. The molecule has 2 aromatic rings. The van der Waals surface area contributed by atoms with Crippen molar-refractivity contribution in [3.8, 4) is 17.3 Å². The van der Waals surface area contributed by atoms with Crippen molar-refractivity contribution >= 4 is 0 Å². The molecule has 72 valence electrons. The van der Waals surface area contributed by atoms with Gasteiger partial charge in [0.2, 0.25) is 0 Å². The van der Waals surface area contributed by atoms with Crippen molar-refractivity contribution in [2.75, 3.05) is 0 Å². The normalized spacial score (nSPS) is 9.60. The molecule has 2 heterocycles. The number of nitrogens with zero attached hydrogens (tertiary/aromatic N) is 3. The van der Waals surface area contributed by atoms with Gasteiger partial charge in [-0.2, -0.15) is 5.26 Å². The maximum absolute atomic E-state index is 12.6. The number of hydrogen-bond acceptors (Lipinski definition) is 3. The van der Waals surface area contributed by atoms with Crippen molar-refractivity contribution in [2.24, 2.45) is 0 Å². The van der Waals surface area contributed by atoms with Gasteiger partial charge in [0.15, 0.2) is 0 Å². The number of aromatic nitrogens is 2. The lowest BCUT2D eigenvalue weighted by Crippen LogP contribution is -1.87. The predicted molar refractivity (Wildman–Crippen MR) is 52.1 cm³/mol. The molecular formula is C11H6FN3. The molecule has 0 bridgehead atoms. The minimum Gasteiger partial charge on any atom is -0.263 e. The zero-order chi connectivity index (χ0) is 10.7. The van der Waals surface area contributed by atoms with Crippen LogP contribution in [0.5, 0.6) is 0 Å². The van der Waals surface area contributed by atoms with E-state index < -0.39 is 0 Å². The summed E-state index contributed by atoms with van der Waals surface area (Å²) in [5.41, 5.74) is 1.76. The summed E-state index contributed by atoms with van der Waals surface area (Å²) >= 11 is 0. The Hall–Kier alpha value is -2.28. The van der Waals surface area contributed by atoms with Crippen molar-refractivity contribution in [3.63, 3.8) is 0 Å². The fourth-order valence-electron chi connectivity index (χ4n) is 1.19. The van der Waals surface area contributed by atoms with E-state index in [0.29, 0.717) is 16.8 Å². The molecule has 0 aliphatic rings. The molecule has 0 aliphatic carbocycles. The SMILES string of the molecule is N#Cc1cncc(-c2ccc(F)cn2)c1. The van der Waals surface area contributed by atoms with Crippen molar-refractivity contribution in [3.05, 3.63) is 48.2 Å². The first-order valence-corrected chi connectivity index (χ1v) is 4.26. The van der Waals surface area contributed by atoms with Gasteiger partial charge in [-0.15, -0.1) is 0 Å². The second-order valence-electron chi connectivity index (χ2n) is 2.94. The summed E-state index contributed by atoms with van der Waals surface area (Å²) in [7, 11) is 0. The monoisotopic (exact) mass is 199 g/mol. The van der Waals surface area contributed by atoms with Crippen LogP contribution in [0.25, 0.3) is 11.3 Å². The van der Waals surface area contributed by atoms with Crippen molar-refractivity contribution in [2.45, 2.75) is 0 Å². The molecule has 0 radical (unpaired) electrons. The molecule has 0 unspecified atom stereocenters. The summed E-state index contributed by atoms with van der Waals surface area (Å²) in [6.07, 6.45) is 4.18. The third-order valence-corrected chi connectivity index (χ3v) is 1.89. The van der Waals surface area contributed by atoms with Crippen molar-refractivity contribution in [1.29, 1.82) is 5.26 Å². The zero-order valence-electron chi connectivity index (χ0n) is 7.68. The summed E-state index contributed by atoms with van der Waals surface area (Å²) in [5.74, 6) is -0.386. The Morgan fingerprint density at radius 3 is 2.73 bits per heavy atom. The van der Waals surface area contributed by atoms with Gasteiger partial charge in [-0.25, -0.2) is 4.39 Å². The summed E-state index contributed by atoms with van der Waals surface area (Å²) in [6, 6.07) is 6.51. The molecule has 2 aromatic heterocycles. The van der Waals surface area contributed by atoms with E-state index in [1.807, 2.05) is 6.07 Å². The topological polar surface area (TPSA) is 49.6 Å². The van der Waals surface area contributed by atoms with E-state index in [1.165, 1.54) is 12.3 Å². The second-order valence-corrected chi connectivity index (χ2v) is 2.94. The van der Waals surface area contributed by atoms with Crippen LogP contribution in [0, 0.1) is 17.1 Å². The molecule has 4 heteroatoms. The Kier molecular flexibility index (Phi) is 2.38. The molecule has 0 atom stereocenters. The van der Waals surface area contributed by atoms with E-state index in [-0.39, 0.29) is 5.82 Å². The lowest BCUT2D eigenvalue weighted by Gasteiger charge is -1.99. The Morgan fingerprint density at radius 1 is 1.20 bits per heavy atom. The van der Waals surface area contributed by atoms with Gasteiger partial charge in [-0.1, -0.05) is 0 Å². The highest BCUT2D eigenvalue weighted by molar-refractivity contribution is 5.59. The van der Waals surface area contributed by atoms with Crippen molar-refractivity contribution in [1.82, 2.24) is 9.97 Å². The van der Waals surface area contributed by atoms with E-state index in [9.17, 15) is 4.39 Å². The van der Waals surface area contributed by atoms with Crippen LogP contribution in [0.2, 0.25) is 0 Å². The largest absolute Gasteiger partial charge is 0.263 e. The highest BCUT2D eigenvalue weighted by atomic mass is 19.1. The standard InChI is InChI=1S/C11H6FN3/c12-10-1-2-11(15-7-10)9-3-8(4-13)5-14-6-9/h1-3,5-7H. The summed E-state index contributed by atoms with van der Waals surface area (Å²) in [6.45, 7) is 0. The first-order valence-electron chi connectivity index (χ1n) is 4.26. The van der Waals surface area contributed by atoms with Gasteiger partial charge in [0.05, 0.1) is 17.5 Å². The average molecular weight is 199 g/mol. The number of nitriles is 1. The van der Waals surface area contributed by atoms with Crippen LogP contribution >= 0.6 is 0 Å². The lowest BCUT2D eigenvalue weighted by atomic mass is 10.1. The molecule has 2 rings (SSSR count). The first kappa shape index (κ1) is 9.28. The van der Waals surface area contributed by atoms with Crippen LogP contribution in [0.15, 0.2) is 36.8 Å². The van der Waals surface area contributed by atoms with Gasteiger partial charge in [0.1, 0.15) is 11.9 Å². The van der Waals surface area contributed by atoms with Gasteiger partial charge in [0.25, 0.3) is 0 Å². The van der Waals surface area contributed by atoms with Crippen LogP contribution in [0.3, 0.4) is 0 Å². The quantitative estimate of drug-likeness (QED) is 0.707. The van der Waals surface area contributed by atoms with Gasteiger partial charge >= 0.3 is 0 Å². The van der Waals surface area contributed by atoms with Crippen LogP contribution in [-0.4, -0.2) is 9.97 Å². The molecule has 15 heavy (non-hydrogen) atoms. The number of halogens is 1. The van der Waals surface area contributed by atoms with Crippen molar-refractivity contribution < 1.29 is 4.39 Å². The van der Waals surface area contributed by atoms with E-state index in [2.05, 4.69) is 9.97 Å². The molecule has 0 N–H and O–H groups in total. The summed E-state index contributed by atoms with van der Waals surface area (Å²) in [4.78, 5) is 7.80. The molecule has 3 nitrogen and oxygen atoms in total. The van der Waals surface area contributed by atoms with Gasteiger partial charge in [-0.3, -0.25) is 9.97 Å². The van der Waals surface area contributed by atoms with E-state index in [0.717, 1.165) is 6.20 Å². The Labute approximate surface area is 85.9 Å². The smallest absolute Gasteiger partial charge is 0.141 e. The van der Waals surface area contributed by atoms with Crippen LogP contribution in [0.1, 0.15) is 5.56 Å². The minimum absolute atomic E-state index is 0.386. The number of rotatable bonds is 1. The molecule has 0 saturated carbocycles. The summed E-state index contributed by atoms with van der Waals surface area (Å²) < 4.78 is 12.6. The minimum atomic E-state index is -0.386. The Bertz CT molecular complexity index is 514. The zero-order valence-corrected chi connectivity index (χ0v) is 7.68. The Balaban J connectivity index is 2.46. The Morgan fingerprint density at radius 2 is 2.07 bits per heavy atom.